The standard InChI is InChI=1S/C31H41BrN6O4SSi2/c1-44(2,3)16-13-41-20-37(21-42-30(39)31(40)45(4,5)6)29-26(32)28(36-11-14-43-15-12-36)35-27-24(19-34-38(27)29)23-17-22-9-7-8-10-25(22)33-18-23/h7-10,17-19H,11-16,20-21H2,1-6H3. The van der Waals surface area contributed by atoms with Crippen molar-refractivity contribution in [2.45, 2.75) is 45.3 Å². The topological polar surface area (TPSA) is 102 Å². The van der Waals surface area contributed by atoms with Crippen LogP contribution in [-0.4, -0.2) is 91.8 Å². The summed E-state index contributed by atoms with van der Waals surface area (Å²) >= 11 is 5.79. The quantitative estimate of drug-likeness (QED) is 0.0541. The molecule has 1 aliphatic heterocycles. The van der Waals surface area contributed by atoms with Crippen molar-refractivity contribution in [3.63, 3.8) is 0 Å². The first-order valence-electron chi connectivity index (χ1n) is 15.1. The first kappa shape index (κ1) is 33.6. The molecule has 45 heavy (non-hydrogen) atoms. The van der Waals surface area contributed by atoms with E-state index in [0.717, 1.165) is 63.0 Å². The van der Waals surface area contributed by atoms with Gasteiger partial charge in [-0.25, -0.2) is 9.78 Å². The summed E-state index contributed by atoms with van der Waals surface area (Å²) in [5, 5.41) is 5.37. The Morgan fingerprint density at radius 1 is 1.04 bits per heavy atom. The van der Waals surface area contributed by atoms with Crippen molar-refractivity contribution in [1.82, 2.24) is 19.6 Å². The fourth-order valence-corrected chi connectivity index (χ4v) is 7.95. The molecule has 240 valence electrons. The Kier molecular flexibility index (Phi) is 10.4. The highest BCUT2D eigenvalue weighted by Gasteiger charge is 2.33. The van der Waals surface area contributed by atoms with Gasteiger partial charge in [0.25, 0.3) is 0 Å². The number of nitrogens with zero attached hydrogens (tertiary/aromatic N) is 6. The third-order valence-electron chi connectivity index (χ3n) is 7.52. The summed E-state index contributed by atoms with van der Waals surface area (Å²) in [5.41, 5.74) is 3.29. The number of rotatable bonds is 12. The van der Waals surface area contributed by atoms with Crippen LogP contribution in [0.1, 0.15) is 0 Å². The number of anilines is 2. The molecule has 1 aromatic carbocycles. The molecule has 0 saturated carbocycles. The van der Waals surface area contributed by atoms with E-state index in [4.69, 9.17) is 19.6 Å². The number of thioether (sulfide) groups is 1. The van der Waals surface area contributed by atoms with Crippen LogP contribution in [0, 0.1) is 0 Å². The van der Waals surface area contributed by atoms with Gasteiger partial charge in [-0.3, -0.25) is 14.7 Å². The molecule has 0 aliphatic carbocycles. The molecule has 0 spiro atoms. The molecule has 4 aromatic rings. The number of benzene rings is 1. The number of hydrogen-bond donors (Lipinski definition) is 0. The molecule has 0 radical (unpaired) electrons. The van der Waals surface area contributed by atoms with Crippen LogP contribution < -0.4 is 9.80 Å². The number of carbonyl (C=O) groups excluding carboxylic acids is 2. The fourth-order valence-electron chi connectivity index (χ4n) is 4.85. The van der Waals surface area contributed by atoms with Crippen LogP contribution in [0.2, 0.25) is 45.3 Å². The van der Waals surface area contributed by atoms with Crippen molar-refractivity contribution in [1.29, 1.82) is 0 Å². The fraction of sp³-hybridized carbons (Fsp3) is 0.452. The van der Waals surface area contributed by atoms with Crippen molar-refractivity contribution in [3.8, 4) is 11.1 Å². The van der Waals surface area contributed by atoms with E-state index in [1.807, 2.05) is 66.8 Å². The number of para-hydroxylation sites is 1. The molecule has 1 fully saturated rings. The summed E-state index contributed by atoms with van der Waals surface area (Å²) in [5.74, 6) is 2.59. The zero-order valence-corrected chi connectivity index (χ0v) is 31.2. The molecule has 5 rings (SSSR count). The lowest BCUT2D eigenvalue weighted by Gasteiger charge is -2.31. The van der Waals surface area contributed by atoms with E-state index in [1.165, 1.54) is 0 Å². The van der Waals surface area contributed by atoms with Crippen LogP contribution in [0.15, 0.2) is 47.2 Å². The summed E-state index contributed by atoms with van der Waals surface area (Å²) in [4.78, 5) is 39.6. The number of aromatic nitrogens is 4. The summed E-state index contributed by atoms with van der Waals surface area (Å²) < 4.78 is 14.3. The lowest BCUT2D eigenvalue weighted by atomic mass is 10.1. The average molecular weight is 730 g/mol. The number of esters is 1. The van der Waals surface area contributed by atoms with Gasteiger partial charge in [-0.2, -0.15) is 21.4 Å². The highest BCUT2D eigenvalue weighted by atomic mass is 79.9. The highest BCUT2D eigenvalue weighted by Crippen LogP contribution is 2.38. The molecule has 1 aliphatic rings. The van der Waals surface area contributed by atoms with Crippen molar-refractivity contribution in [2.75, 3.05) is 54.5 Å². The minimum absolute atomic E-state index is 0.138. The Labute approximate surface area is 279 Å². The van der Waals surface area contributed by atoms with Gasteiger partial charge in [-0.1, -0.05) is 57.5 Å². The molecule has 0 amide bonds. The van der Waals surface area contributed by atoms with Gasteiger partial charge in [0.2, 0.25) is 5.41 Å². The first-order valence-corrected chi connectivity index (χ1v) is 24.3. The van der Waals surface area contributed by atoms with Crippen LogP contribution in [0.5, 0.6) is 0 Å². The van der Waals surface area contributed by atoms with E-state index in [0.29, 0.717) is 18.1 Å². The van der Waals surface area contributed by atoms with Gasteiger partial charge in [-0.05, 0) is 34.1 Å². The van der Waals surface area contributed by atoms with Crippen LogP contribution >= 0.6 is 27.7 Å². The molecule has 4 heterocycles. The summed E-state index contributed by atoms with van der Waals surface area (Å²) in [6, 6.07) is 11.1. The third kappa shape index (κ3) is 7.96. The Hall–Kier alpha value is -2.79. The van der Waals surface area contributed by atoms with E-state index in [-0.39, 0.29) is 13.5 Å². The number of halogens is 1. The summed E-state index contributed by atoms with van der Waals surface area (Å²) in [6.07, 6.45) is 3.64. The number of ether oxygens (including phenoxy) is 2. The maximum Gasteiger partial charge on any atom is 0.370 e. The smallest absolute Gasteiger partial charge is 0.370 e. The van der Waals surface area contributed by atoms with Crippen LogP contribution in [-0.2, 0) is 19.1 Å². The van der Waals surface area contributed by atoms with Crippen molar-refractivity contribution in [2.24, 2.45) is 0 Å². The number of carbonyl (C=O) groups is 2. The zero-order chi connectivity index (χ0) is 32.4. The molecule has 0 N–H and O–H groups in total. The second-order valence-electron chi connectivity index (χ2n) is 13.4. The number of hydrogen-bond acceptors (Lipinski definition) is 10. The number of pyridine rings is 1. The molecule has 10 nitrogen and oxygen atoms in total. The first-order chi connectivity index (χ1) is 21.3. The molecule has 1 saturated heterocycles. The molecule has 0 bridgehead atoms. The zero-order valence-electron chi connectivity index (χ0n) is 26.8. The molecule has 3 aromatic heterocycles. The molecule has 0 unspecified atom stereocenters. The van der Waals surface area contributed by atoms with E-state index in [9.17, 15) is 9.59 Å². The lowest BCUT2D eigenvalue weighted by molar-refractivity contribution is -0.151. The van der Waals surface area contributed by atoms with Crippen LogP contribution in [0.4, 0.5) is 11.6 Å². The predicted octanol–water partition coefficient (Wildman–Crippen LogP) is 6.33. The predicted molar refractivity (Wildman–Crippen MR) is 192 cm³/mol. The van der Waals surface area contributed by atoms with Gasteiger partial charge < -0.3 is 14.4 Å². The largest absolute Gasteiger partial charge is 0.439 e. The van der Waals surface area contributed by atoms with E-state index in [2.05, 4.69) is 51.5 Å². The third-order valence-corrected chi connectivity index (χ3v) is 12.4. The van der Waals surface area contributed by atoms with Gasteiger partial charge in [-0.15, -0.1) is 0 Å². The normalized spacial score (nSPS) is 14.2. The summed E-state index contributed by atoms with van der Waals surface area (Å²) in [6.45, 7) is 14.7. The monoisotopic (exact) mass is 728 g/mol. The Bertz CT molecular complexity index is 1700. The maximum absolute atomic E-state index is 12.9. The molecule has 0 atom stereocenters. The lowest BCUT2D eigenvalue weighted by Crippen LogP contribution is -2.42. The number of fused-ring (bicyclic) bond motifs is 2. The molecule has 14 heteroatoms. The minimum atomic E-state index is -2.38. The van der Waals surface area contributed by atoms with E-state index >= 15 is 0 Å². The van der Waals surface area contributed by atoms with Crippen LogP contribution in [0.3, 0.4) is 0 Å². The SMILES string of the molecule is C[Si](C)(C)CCOCN(COC(=O)C(=O)[Si](C)(C)C)c1c(Br)c(N2CCSCC2)nc2c(-c3cnc4ccccc4c3)cnn12. The second kappa shape index (κ2) is 13.9. The van der Waals surface area contributed by atoms with E-state index in [1.54, 1.807) is 10.7 Å². The van der Waals surface area contributed by atoms with Gasteiger partial charge in [0.05, 0.1) is 11.7 Å². The Morgan fingerprint density at radius 3 is 2.49 bits per heavy atom. The van der Waals surface area contributed by atoms with Gasteiger partial charge >= 0.3 is 5.97 Å². The highest BCUT2D eigenvalue weighted by molar-refractivity contribution is 9.10. The van der Waals surface area contributed by atoms with Gasteiger partial charge in [0, 0.05) is 62.0 Å². The van der Waals surface area contributed by atoms with Gasteiger partial charge in [0.15, 0.2) is 18.2 Å². The van der Waals surface area contributed by atoms with E-state index < -0.39 is 27.5 Å². The maximum atomic E-state index is 12.9. The van der Waals surface area contributed by atoms with Gasteiger partial charge in [0.1, 0.15) is 25.1 Å². The van der Waals surface area contributed by atoms with Crippen molar-refractivity contribution in [3.05, 3.63) is 47.2 Å². The average Bonchev–Trinajstić information content (AvgIpc) is 3.43. The van der Waals surface area contributed by atoms with Crippen molar-refractivity contribution >= 4 is 83.4 Å². The Balaban J connectivity index is 1.60. The molecular weight excluding hydrogens is 689 g/mol. The minimum Gasteiger partial charge on any atom is -0.439 e. The van der Waals surface area contributed by atoms with Crippen molar-refractivity contribution < 1.29 is 19.1 Å². The Morgan fingerprint density at radius 2 is 1.78 bits per heavy atom. The second-order valence-corrected chi connectivity index (χ2v) is 26.0. The van der Waals surface area contributed by atoms with Crippen LogP contribution in [0.25, 0.3) is 27.7 Å². The molecular formula is C31H41BrN6O4SSi2. The summed E-state index contributed by atoms with van der Waals surface area (Å²) in [7, 11) is -3.72.